The quantitative estimate of drug-likeness (QED) is 0.212. The van der Waals surface area contributed by atoms with Crippen molar-refractivity contribution >= 4 is 6.21 Å². The minimum atomic E-state index is -0.174. The molecule has 1 N–H and O–H groups in total. The molecule has 1 unspecified atom stereocenters. The van der Waals surface area contributed by atoms with Crippen molar-refractivity contribution in [2.24, 2.45) is 12.2 Å². The van der Waals surface area contributed by atoms with E-state index < -0.39 is 0 Å². The van der Waals surface area contributed by atoms with Gasteiger partial charge in [0.1, 0.15) is 18.5 Å². The highest BCUT2D eigenvalue weighted by atomic mass is 35.5. The summed E-state index contributed by atoms with van der Waals surface area (Å²) in [6.07, 6.45) is 12.1. The van der Waals surface area contributed by atoms with Crippen LogP contribution >= 0.6 is 0 Å². The lowest BCUT2D eigenvalue weighted by molar-refractivity contribution is -0.672. The maximum atomic E-state index is 8.56. The summed E-state index contributed by atoms with van der Waals surface area (Å²) in [6, 6.07) is 0. The lowest BCUT2D eigenvalue weighted by atomic mass is 10.2. The lowest BCUT2D eigenvalue weighted by Crippen LogP contribution is -3.00. The summed E-state index contributed by atoms with van der Waals surface area (Å²) < 4.78 is 9.23. The number of ether oxygens (including phenoxy) is 1. The second-order valence-electron chi connectivity index (χ2n) is 3.72. The number of imidazole rings is 1. The monoisotopic (exact) mass is 271 g/mol. The summed E-state index contributed by atoms with van der Waals surface area (Å²) in [5, 5.41) is 11.6. The number of nitrogens with zero attached hydrogens (tertiary/aromatic N) is 3. The average Bonchev–Trinajstić information content (AvgIpc) is 2.67. The van der Waals surface area contributed by atoms with E-state index in [0.717, 1.165) is 18.7 Å². The first-order chi connectivity index (χ1) is 8.22. The van der Waals surface area contributed by atoms with E-state index in [1.807, 2.05) is 28.6 Å². The van der Waals surface area contributed by atoms with Gasteiger partial charge in [0.05, 0.1) is 7.05 Å². The van der Waals surface area contributed by atoms with E-state index >= 15 is 0 Å². The molecule has 0 saturated carbocycles. The SMILES string of the molecule is C#CC(CCC)OCn1cc[n+](C)c1/C=N/O.[Cl-]. The summed E-state index contributed by atoms with van der Waals surface area (Å²) in [7, 11) is 1.86. The summed E-state index contributed by atoms with van der Waals surface area (Å²) in [4.78, 5) is 0. The normalized spacial score (nSPS) is 12.1. The molecule has 1 heterocycles. The molecule has 0 aromatic carbocycles. The van der Waals surface area contributed by atoms with Gasteiger partial charge in [-0.25, -0.2) is 9.13 Å². The van der Waals surface area contributed by atoms with Crippen molar-refractivity contribution in [3.05, 3.63) is 18.2 Å². The van der Waals surface area contributed by atoms with Crippen molar-refractivity contribution in [3.8, 4) is 12.3 Å². The molecular formula is C12H18ClN3O2. The number of rotatable bonds is 6. The van der Waals surface area contributed by atoms with E-state index in [0.29, 0.717) is 6.73 Å². The zero-order valence-electron chi connectivity index (χ0n) is 10.6. The van der Waals surface area contributed by atoms with Crippen molar-refractivity contribution in [3.63, 3.8) is 0 Å². The highest BCUT2D eigenvalue weighted by molar-refractivity contribution is 5.72. The predicted octanol–water partition coefficient (Wildman–Crippen LogP) is -2.10. The molecule has 1 atom stereocenters. The summed E-state index contributed by atoms with van der Waals surface area (Å²) in [5.74, 6) is 3.34. The van der Waals surface area contributed by atoms with Gasteiger partial charge in [-0.15, -0.1) is 6.42 Å². The first kappa shape index (κ1) is 16.5. The van der Waals surface area contributed by atoms with Gasteiger partial charge in [-0.1, -0.05) is 24.4 Å². The molecule has 0 spiro atoms. The van der Waals surface area contributed by atoms with Crippen LogP contribution in [0, 0.1) is 12.3 Å². The molecule has 5 nitrogen and oxygen atoms in total. The van der Waals surface area contributed by atoms with Gasteiger partial charge in [0.15, 0.2) is 12.9 Å². The van der Waals surface area contributed by atoms with Gasteiger partial charge in [0.2, 0.25) is 0 Å². The predicted molar refractivity (Wildman–Crippen MR) is 63.6 cm³/mol. The van der Waals surface area contributed by atoms with E-state index in [2.05, 4.69) is 18.0 Å². The van der Waals surface area contributed by atoms with Crippen LogP contribution in [0.3, 0.4) is 0 Å². The summed E-state index contributed by atoms with van der Waals surface area (Å²) >= 11 is 0. The fraction of sp³-hybridized carbons (Fsp3) is 0.500. The van der Waals surface area contributed by atoms with Crippen molar-refractivity contribution < 1.29 is 26.9 Å². The molecule has 100 valence electrons. The van der Waals surface area contributed by atoms with Gasteiger partial charge in [-0.2, -0.15) is 0 Å². The van der Waals surface area contributed by atoms with Crippen LogP contribution < -0.4 is 17.0 Å². The molecule has 6 heteroatoms. The van der Waals surface area contributed by atoms with Crippen molar-refractivity contribution in [1.29, 1.82) is 0 Å². The van der Waals surface area contributed by atoms with Crippen LogP contribution in [-0.2, 0) is 18.5 Å². The standard InChI is InChI=1S/C12H17N3O2.ClH/c1-4-6-11(5-2)17-10-15-8-7-14(3)12(15)9-13-16;/h2,7-9,11H,4,6,10H2,1,3H3;1H. The number of aromatic nitrogens is 2. The topological polar surface area (TPSA) is 50.6 Å². The van der Waals surface area contributed by atoms with E-state index in [-0.39, 0.29) is 18.5 Å². The Morgan fingerprint density at radius 3 is 3.00 bits per heavy atom. The Bertz CT molecular complexity index is 423. The fourth-order valence-electron chi connectivity index (χ4n) is 1.51. The second-order valence-corrected chi connectivity index (χ2v) is 3.72. The third-order valence-electron chi connectivity index (χ3n) is 2.45. The molecule has 0 aliphatic carbocycles. The minimum absolute atomic E-state index is 0. The highest BCUT2D eigenvalue weighted by Crippen LogP contribution is 2.03. The van der Waals surface area contributed by atoms with E-state index in [9.17, 15) is 0 Å². The Hall–Kier alpha value is -1.51. The van der Waals surface area contributed by atoms with Crippen LogP contribution in [0.25, 0.3) is 0 Å². The van der Waals surface area contributed by atoms with Gasteiger partial charge in [0.25, 0.3) is 0 Å². The van der Waals surface area contributed by atoms with Gasteiger partial charge >= 0.3 is 5.82 Å². The highest BCUT2D eigenvalue weighted by Gasteiger charge is 2.14. The lowest BCUT2D eigenvalue weighted by Gasteiger charge is -2.09. The Labute approximate surface area is 113 Å². The van der Waals surface area contributed by atoms with Gasteiger partial charge in [-0.3, -0.25) is 0 Å². The van der Waals surface area contributed by atoms with Gasteiger partial charge in [0, 0.05) is 0 Å². The van der Waals surface area contributed by atoms with Gasteiger partial charge < -0.3 is 22.4 Å². The van der Waals surface area contributed by atoms with E-state index in [1.54, 1.807) is 0 Å². The van der Waals surface area contributed by atoms with E-state index in [4.69, 9.17) is 16.4 Å². The molecule has 0 radical (unpaired) electrons. The first-order valence-electron chi connectivity index (χ1n) is 5.52. The third kappa shape index (κ3) is 4.40. The zero-order valence-corrected chi connectivity index (χ0v) is 11.3. The van der Waals surface area contributed by atoms with Crippen molar-refractivity contribution in [2.75, 3.05) is 0 Å². The Morgan fingerprint density at radius 2 is 2.44 bits per heavy atom. The molecule has 0 fully saturated rings. The van der Waals surface area contributed by atoms with Crippen LogP contribution in [0.1, 0.15) is 25.6 Å². The Morgan fingerprint density at radius 1 is 1.72 bits per heavy atom. The maximum Gasteiger partial charge on any atom is 0.305 e. The zero-order chi connectivity index (χ0) is 12.7. The number of halogens is 1. The number of oxime groups is 1. The second kappa shape index (κ2) is 8.56. The van der Waals surface area contributed by atoms with Crippen molar-refractivity contribution in [1.82, 2.24) is 4.57 Å². The molecule has 0 saturated heterocycles. The van der Waals surface area contributed by atoms with E-state index in [1.165, 1.54) is 6.21 Å². The smallest absolute Gasteiger partial charge is 0.305 e. The maximum absolute atomic E-state index is 8.56. The van der Waals surface area contributed by atoms with Crippen LogP contribution in [0.4, 0.5) is 0 Å². The first-order valence-corrected chi connectivity index (χ1v) is 5.52. The third-order valence-corrected chi connectivity index (χ3v) is 2.45. The molecule has 1 rings (SSSR count). The molecule has 0 amide bonds. The fourth-order valence-corrected chi connectivity index (χ4v) is 1.51. The number of terminal acetylenes is 1. The molecule has 0 aliphatic rings. The van der Waals surface area contributed by atoms with Crippen LogP contribution in [-0.4, -0.2) is 22.1 Å². The molecule has 1 aromatic heterocycles. The van der Waals surface area contributed by atoms with Crippen LogP contribution in [0.2, 0.25) is 0 Å². The molecular weight excluding hydrogens is 254 g/mol. The number of hydrogen-bond acceptors (Lipinski definition) is 3. The molecule has 18 heavy (non-hydrogen) atoms. The van der Waals surface area contributed by atoms with Crippen molar-refractivity contribution in [2.45, 2.75) is 32.6 Å². The van der Waals surface area contributed by atoms with Crippen LogP contribution in [0.5, 0.6) is 0 Å². The summed E-state index contributed by atoms with van der Waals surface area (Å²) in [6.45, 7) is 2.41. The molecule has 0 bridgehead atoms. The number of aryl methyl sites for hydroxylation is 1. The van der Waals surface area contributed by atoms with Gasteiger partial charge in [-0.05, 0) is 6.42 Å². The summed E-state index contributed by atoms with van der Waals surface area (Å²) in [5.41, 5.74) is 0. The largest absolute Gasteiger partial charge is 1.00 e. The van der Waals surface area contributed by atoms with Crippen LogP contribution in [0.15, 0.2) is 17.5 Å². The number of hydrogen-bond donors (Lipinski definition) is 1. The average molecular weight is 272 g/mol. The minimum Gasteiger partial charge on any atom is -1.00 e. The molecule has 0 aliphatic heterocycles. The molecule has 1 aromatic rings. The Kier molecular flexibility index (Phi) is 7.84. The Balaban J connectivity index is 0.00000289.